The van der Waals surface area contributed by atoms with Crippen molar-refractivity contribution in [1.29, 1.82) is 0 Å². The number of likely N-dealkylation sites (tertiary alicyclic amines) is 3. The van der Waals surface area contributed by atoms with Gasteiger partial charge in [0.1, 0.15) is 23.7 Å². The maximum absolute atomic E-state index is 14.2. The van der Waals surface area contributed by atoms with Gasteiger partial charge in [-0.3, -0.25) is 14.5 Å². The first-order valence-corrected chi connectivity index (χ1v) is 20.8. The summed E-state index contributed by atoms with van der Waals surface area (Å²) in [6.07, 6.45) is 8.78. The largest absolute Gasteiger partial charge is 0.453 e. The Kier molecular flexibility index (Phi) is 11.9. The van der Waals surface area contributed by atoms with Gasteiger partial charge in [-0.15, -0.1) is 0 Å². The zero-order chi connectivity index (χ0) is 40.9. The Labute approximate surface area is 345 Å². The van der Waals surface area contributed by atoms with Crippen LogP contribution in [-0.2, 0) is 14.3 Å². The van der Waals surface area contributed by atoms with Crippen LogP contribution in [0.15, 0.2) is 91.3 Å². The summed E-state index contributed by atoms with van der Waals surface area (Å²) in [7, 11) is 1.29. The number of aromatic amines is 2. The molecule has 3 N–H and O–H groups in total. The molecule has 304 valence electrons. The number of aromatic nitrogens is 4. The monoisotopic (exact) mass is 792 g/mol. The van der Waals surface area contributed by atoms with Gasteiger partial charge in [0.25, 0.3) is 0 Å². The molecule has 4 unspecified atom stereocenters. The first-order valence-electron chi connectivity index (χ1n) is 20.8. The number of benzene rings is 3. The van der Waals surface area contributed by atoms with Crippen LogP contribution in [0.25, 0.3) is 22.5 Å². The average molecular weight is 793 g/mol. The van der Waals surface area contributed by atoms with Crippen LogP contribution in [0.3, 0.4) is 0 Å². The number of nitrogens with one attached hydrogen (secondary N) is 3. The van der Waals surface area contributed by atoms with Crippen molar-refractivity contribution >= 4 is 17.9 Å². The standard InChI is InChI=1S/C47H52N8O4/c1-31(2)41(52-47(58)59-3)45(56)54-27-9-13-39(54)43-48-29-37(50-43)34-21-17-32(18-22-34)15-16-33-19-23-35(24-20-33)38-30-49-44(51-38)40-14-10-28-55(40)46(57)42(53-25-7-8-26-53)36-11-5-4-6-12-36/h4-6,11-12,17-24,29-31,39-42H,7-10,13-14,25-28H2,1-3H3,(H,48,50)(H,49,51)(H,52,58). The van der Waals surface area contributed by atoms with Gasteiger partial charge in [-0.05, 0) is 98.5 Å². The molecule has 4 atom stereocenters. The minimum Gasteiger partial charge on any atom is -0.453 e. The molecule has 3 aliphatic rings. The molecule has 3 aromatic carbocycles. The van der Waals surface area contributed by atoms with Crippen LogP contribution in [-0.4, -0.2) is 91.9 Å². The van der Waals surface area contributed by atoms with Gasteiger partial charge in [0.05, 0.1) is 43.0 Å². The second-order valence-electron chi connectivity index (χ2n) is 16.1. The Balaban J connectivity index is 0.898. The number of nitrogens with zero attached hydrogens (tertiary/aromatic N) is 5. The molecule has 0 spiro atoms. The minimum absolute atomic E-state index is 0.0777. The van der Waals surface area contributed by atoms with E-state index in [1.807, 2.05) is 96.6 Å². The van der Waals surface area contributed by atoms with E-state index in [2.05, 4.69) is 49.1 Å². The lowest BCUT2D eigenvalue weighted by molar-refractivity contribution is -0.138. The van der Waals surface area contributed by atoms with Crippen LogP contribution in [0.5, 0.6) is 0 Å². The molecule has 2 aromatic heterocycles. The third-order valence-corrected chi connectivity index (χ3v) is 11.9. The number of methoxy groups -OCH3 is 1. The van der Waals surface area contributed by atoms with E-state index in [-0.39, 0.29) is 35.9 Å². The lowest BCUT2D eigenvalue weighted by Crippen LogP contribution is -2.51. The van der Waals surface area contributed by atoms with Crippen molar-refractivity contribution < 1.29 is 19.1 Å². The number of hydrogen-bond donors (Lipinski definition) is 3. The van der Waals surface area contributed by atoms with Crippen LogP contribution >= 0.6 is 0 Å². The lowest BCUT2D eigenvalue weighted by Gasteiger charge is -2.33. The van der Waals surface area contributed by atoms with Crippen molar-refractivity contribution in [2.45, 2.75) is 76.5 Å². The normalized spacial score (nSPS) is 19.1. The molecule has 3 amide bonds. The van der Waals surface area contributed by atoms with Crippen molar-refractivity contribution in [2.75, 3.05) is 33.3 Å². The molecule has 12 heteroatoms. The summed E-state index contributed by atoms with van der Waals surface area (Å²) in [4.78, 5) is 62.3. The van der Waals surface area contributed by atoms with E-state index in [0.29, 0.717) is 6.54 Å². The Hall–Kier alpha value is -6.19. The molecule has 59 heavy (non-hydrogen) atoms. The van der Waals surface area contributed by atoms with Gasteiger partial charge in [-0.1, -0.05) is 80.3 Å². The van der Waals surface area contributed by atoms with E-state index in [9.17, 15) is 14.4 Å². The van der Waals surface area contributed by atoms with Gasteiger partial charge in [-0.25, -0.2) is 14.8 Å². The van der Waals surface area contributed by atoms with Crippen LogP contribution in [0.1, 0.15) is 98.8 Å². The van der Waals surface area contributed by atoms with Crippen molar-refractivity contribution in [2.24, 2.45) is 5.92 Å². The fourth-order valence-electron chi connectivity index (χ4n) is 8.73. The number of carbonyl (C=O) groups is 3. The topological polar surface area (TPSA) is 140 Å². The summed E-state index contributed by atoms with van der Waals surface area (Å²) in [5, 5.41) is 2.70. The van der Waals surface area contributed by atoms with Crippen molar-refractivity contribution in [3.63, 3.8) is 0 Å². The maximum atomic E-state index is 14.2. The number of imidazole rings is 2. The molecule has 3 fully saturated rings. The molecule has 12 nitrogen and oxygen atoms in total. The minimum atomic E-state index is -0.681. The van der Waals surface area contributed by atoms with E-state index >= 15 is 0 Å². The zero-order valence-corrected chi connectivity index (χ0v) is 34.0. The van der Waals surface area contributed by atoms with Gasteiger partial charge in [0, 0.05) is 24.2 Å². The number of hydrogen-bond acceptors (Lipinski definition) is 7. The second kappa shape index (κ2) is 17.7. The van der Waals surface area contributed by atoms with Gasteiger partial charge in [-0.2, -0.15) is 0 Å². The molecule has 3 saturated heterocycles. The first kappa shape index (κ1) is 39.6. The predicted octanol–water partition coefficient (Wildman–Crippen LogP) is 7.41. The quantitative estimate of drug-likeness (QED) is 0.125. The summed E-state index contributed by atoms with van der Waals surface area (Å²) in [6, 6.07) is 25.1. The fraction of sp³-hybridized carbons (Fsp3) is 0.383. The summed E-state index contributed by atoms with van der Waals surface area (Å²) < 4.78 is 4.76. The van der Waals surface area contributed by atoms with Crippen molar-refractivity contribution in [3.8, 4) is 34.4 Å². The number of rotatable bonds is 10. The molecule has 8 rings (SSSR count). The molecule has 0 radical (unpaired) electrons. The van der Waals surface area contributed by atoms with E-state index in [0.717, 1.165) is 109 Å². The maximum Gasteiger partial charge on any atom is 0.407 e. The van der Waals surface area contributed by atoms with Gasteiger partial charge < -0.3 is 29.8 Å². The molecule has 0 aliphatic carbocycles. The number of ether oxygens (including phenoxy) is 1. The molecule has 0 saturated carbocycles. The Morgan fingerprint density at radius 3 is 1.69 bits per heavy atom. The smallest absolute Gasteiger partial charge is 0.407 e. The molecule has 0 bridgehead atoms. The second-order valence-corrected chi connectivity index (χ2v) is 16.1. The highest BCUT2D eigenvalue weighted by atomic mass is 16.5. The summed E-state index contributed by atoms with van der Waals surface area (Å²) in [6.45, 7) is 7.04. The molecule has 3 aliphatic heterocycles. The molecular formula is C47H52N8O4. The van der Waals surface area contributed by atoms with E-state index in [1.54, 1.807) is 6.20 Å². The highest BCUT2D eigenvalue weighted by Crippen LogP contribution is 2.37. The summed E-state index contributed by atoms with van der Waals surface area (Å²) >= 11 is 0. The van der Waals surface area contributed by atoms with Gasteiger partial charge in [0.2, 0.25) is 11.8 Å². The van der Waals surface area contributed by atoms with E-state index in [4.69, 9.17) is 9.72 Å². The Morgan fingerprint density at radius 1 is 0.695 bits per heavy atom. The number of alkyl carbamates (subject to hydrolysis) is 1. The fourth-order valence-corrected chi connectivity index (χ4v) is 8.73. The predicted molar refractivity (Wildman–Crippen MR) is 226 cm³/mol. The highest BCUT2D eigenvalue weighted by Gasteiger charge is 2.40. The molecular weight excluding hydrogens is 741 g/mol. The Bertz CT molecular complexity index is 2300. The lowest BCUT2D eigenvalue weighted by atomic mass is 10.0. The van der Waals surface area contributed by atoms with Crippen molar-refractivity contribution in [3.05, 3.63) is 120 Å². The number of amides is 3. The summed E-state index contributed by atoms with van der Waals surface area (Å²) in [5.74, 6) is 8.06. The third kappa shape index (κ3) is 8.66. The Morgan fingerprint density at radius 2 is 1.20 bits per heavy atom. The van der Waals surface area contributed by atoms with Gasteiger partial charge in [0.15, 0.2) is 0 Å². The SMILES string of the molecule is COC(=O)NC(C(=O)N1CCCC1c1ncc(-c2ccc(C#Cc3ccc(-c4cnc(C5CCCN5C(=O)C(c5ccccc5)N5CCCC5)[nH]4)cc3)cc2)[nH]1)C(C)C. The number of H-pyrrole nitrogens is 2. The molecule has 5 aromatic rings. The van der Waals surface area contributed by atoms with Crippen molar-refractivity contribution in [1.82, 2.24) is 40.0 Å². The van der Waals surface area contributed by atoms with Crippen LogP contribution < -0.4 is 5.32 Å². The highest BCUT2D eigenvalue weighted by molar-refractivity contribution is 5.86. The van der Waals surface area contributed by atoms with Crippen LogP contribution in [0, 0.1) is 17.8 Å². The summed E-state index contributed by atoms with van der Waals surface area (Å²) in [5.41, 5.74) is 6.59. The van der Waals surface area contributed by atoms with E-state index < -0.39 is 12.1 Å². The van der Waals surface area contributed by atoms with Gasteiger partial charge >= 0.3 is 6.09 Å². The molecule has 5 heterocycles. The van der Waals surface area contributed by atoms with E-state index in [1.165, 1.54) is 7.11 Å². The zero-order valence-electron chi connectivity index (χ0n) is 34.0. The number of carbonyl (C=O) groups excluding carboxylic acids is 3. The van der Waals surface area contributed by atoms with Crippen LogP contribution in [0.4, 0.5) is 4.79 Å². The average Bonchev–Trinajstić information content (AvgIpc) is 4.12. The first-order chi connectivity index (χ1) is 28.8. The third-order valence-electron chi connectivity index (χ3n) is 11.9. The van der Waals surface area contributed by atoms with Crippen LogP contribution in [0.2, 0.25) is 0 Å².